The number of aromatic nitrogens is 3. The Morgan fingerprint density at radius 2 is 1.57 bits per heavy atom. The van der Waals surface area contributed by atoms with Gasteiger partial charge in [0, 0.05) is 17.0 Å². The van der Waals surface area contributed by atoms with Crippen LogP contribution in [-0.2, 0) is 4.79 Å². The minimum Gasteiger partial charge on any atom is -0.497 e. The molecule has 2 heterocycles. The van der Waals surface area contributed by atoms with Gasteiger partial charge in [0.25, 0.3) is 0 Å². The third-order valence-electron chi connectivity index (χ3n) is 5.67. The van der Waals surface area contributed by atoms with E-state index in [2.05, 4.69) is 10.4 Å². The lowest BCUT2D eigenvalue weighted by atomic mass is 9.90. The van der Waals surface area contributed by atoms with Crippen LogP contribution in [0.15, 0.2) is 96.4 Å². The molecule has 0 unspecified atom stereocenters. The summed E-state index contributed by atoms with van der Waals surface area (Å²) < 4.78 is 6.94. The molecule has 3 aromatic carbocycles. The van der Waals surface area contributed by atoms with Crippen molar-refractivity contribution in [2.24, 2.45) is 0 Å². The Morgan fingerprint density at radius 1 is 0.943 bits per heavy atom. The summed E-state index contributed by atoms with van der Waals surface area (Å²) in [5.74, 6) is 0.797. The van der Waals surface area contributed by atoms with E-state index in [4.69, 9.17) is 9.72 Å². The summed E-state index contributed by atoms with van der Waals surface area (Å²) in [5, 5.41) is 10.4. The minimum absolute atomic E-state index is 0.129. The van der Waals surface area contributed by atoms with E-state index in [1.54, 1.807) is 11.8 Å². The number of hydrogen-bond donors (Lipinski definition) is 1. The van der Waals surface area contributed by atoms with Crippen LogP contribution in [0.3, 0.4) is 0 Å². The Bertz CT molecular complexity index is 1390. The quantitative estimate of drug-likeness (QED) is 0.306. The average molecular weight is 481 g/mol. The molecular formula is C28H24N4O2S. The van der Waals surface area contributed by atoms with Crippen LogP contribution in [0.2, 0.25) is 0 Å². The van der Waals surface area contributed by atoms with Gasteiger partial charge in [0.05, 0.1) is 24.4 Å². The first kappa shape index (κ1) is 22.6. The van der Waals surface area contributed by atoms with Gasteiger partial charge < -0.3 is 10.1 Å². The summed E-state index contributed by atoms with van der Waals surface area (Å²) in [6.07, 6.45) is 0. The average Bonchev–Trinajstić information content (AvgIpc) is 3.52. The van der Waals surface area contributed by atoms with Gasteiger partial charge in [-0.3, -0.25) is 4.79 Å². The predicted molar refractivity (Wildman–Crippen MR) is 139 cm³/mol. The number of anilines is 1. The zero-order valence-electron chi connectivity index (χ0n) is 19.4. The molecule has 2 aromatic heterocycles. The van der Waals surface area contributed by atoms with Crippen LogP contribution in [0.4, 0.5) is 5.82 Å². The number of carbonyl (C=O) groups excluding carboxylic acids is 1. The molecular weight excluding hydrogens is 456 g/mol. The van der Waals surface area contributed by atoms with E-state index in [1.807, 2.05) is 103 Å². The lowest BCUT2D eigenvalue weighted by molar-refractivity contribution is -0.116. The predicted octanol–water partition coefficient (Wildman–Crippen LogP) is 6.08. The number of thiazole rings is 1. The third kappa shape index (κ3) is 4.85. The van der Waals surface area contributed by atoms with Crippen molar-refractivity contribution in [3.05, 3.63) is 113 Å². The zero-order chi connectivity index (χ0) is 24.2. The molecule has 35 heavy (non-hydrogen) atoms. The van der Waals surface area contributed by atoms with Crippen LogP contribution >= 0.6 is 11.3 Å². The van der Waals surface area contributed by atoms with Crippen molar-refractivity contribution in [1.29, 1.82) is 0 Å². The van der Waals surface area contributed by atoms with Gasteiger partial charge in [-0.25, -0.2) is 4.98 Å². The monoisotopic (exact) mass is 480 g/mol. The largest absolute Gasteiger partial charge is 0.497 e. The number of aryl methyl sites for hydroxylation is 1. The van der Waals surface area contributed by atoms with Crippen LogP contribution in [0, 0.1) is 6.92 Å². The minimum atomic E-state index is -0.452. The highest BCUT2D eigenvalue weighted by Crippen LogP contribution is 2.30. The number of nitrogens with one attached hydrogen (secondary N) is 1. The van der Waals surface area contributed by atoms with Crippen molar-refractivity contribution < 1.29 is 9.53 Å². The Morgan fingerprint density at radius 3 is 2.17 bits per heavy atom. The number of carbonyl (C=O) groups is 1. The fourth-order valence-corrected chi connectivity index (χ4v) is 4.77. The summed E-state index contributed by atoms with van der Waals surface area (Å²) in [5.41, 5.74) is 4.46. The Kier molecular flexibility index (Phi) is 6.41. The molecule has 6 nitrogen and oxygen atoms in total. The topological polar surface area (TPSA) is 69.0 Å². The molecule has 0 spiro atoms. The number of rotatable bonds is 7. The maximum Gasteiger partial charge on any atom is 0.237 e. The summed E-state index contributed by atoms with van der Waals surface area (Å²) in [4.78, 5) is 18.4. The van der Waals surface area contributed by atoms with Gasteiger partial charge in [0.15, 0.2) is 0 Å². The van der Waals surface area contributed by atoms with E-state index in [-0.39, 0.29) is 5.91 Å². The molecule has 0 fully saturated rings. The van der Waals surface area contributed by atoms with E-state index in [0.29, 0.717) is 10.9 Å². The Balaban J connectivity index is 1.45. The number of benzene rings is 3. The number of amides is 1. The van der Waals surface area contributed by atoms with Crippen LogP contribution in [-0.4, -0.2) is 27.8 Å². The normalized spacial score (nSPS) is 10.9. The summed E-state index contributed by atoms with van der Waals surface area (Å²) >= 11 is 1.47. The van der Waals surface area contributed by atoms with E-state index in [9.17, 15) is 4.79 Å². The van der Waals surface area contributed by atoms with Gasteiger partial charge in [0.1, 0.15) is 11.6 Å². The second-order valence-corrected chi connectivity index (χ2v) is 8.91. The Labute approximate surface area is 207 Å². The van der Waals surface area contributed by atoms with Gasteiger partial charge in [-0.05, 0) is 42.3 Å². The smallest absolute Gasteiger partial charge is 0.237 e. The first-order valence-corrected chi connectivity index (χ1v) is 12.1. The van der Waals surface area contributed by atoms with E-state index in [1.165, 1.54) is 11.3 Å². The highest BCUT2D eigenvalue weighted by molar-refractivity contribution is 7.12. The molecule has 0 aliphatic heterocycles. The molecule has 1 N–H and O–H groups in total. The first-order chi connectivity index (χ1) is 17.1. The van der Waals surface area contributed by atoms with Crippen LogP contribution < -0.4 is 10.1 Å². The number of hydrogen-bond acceptors (Lipinski definition) is 5. The molecule has 174 valence electrons. The van der Waals surface area contributed by atoms with Crippen molar-refractivity contribution in [2.45, 2.75) is 12.8 Å². The third-order valence-corrected chi connectivity index (χ3v) is 6.49. The van der Waals surface area contributed by atoms with Crippen molar-refractivity contribution in [2.75, 3.05) is 12.4 Å². The van der Waals surface area contributed by atoms with E-state index < -0.39 is 5.92 Å². The molecule has 0 aliphatic carbocycles. The van der Waals surface area contributed by atoms with Crippen molar-refractivity contribution >= 4 is 23.1 Å². The molecule has 7 heteroatoms. The zero-order valence-corrected chi connectivity index (χ0v) is 20.2. The van der Waals surface area contributed by atoms with Crippen molar-refractivity contribution in [3.63, 3.8) is 0 Å². The highest BCUT2D eigenvalue weighted by Gasteiger charge is 2.24. The van der Waals surface area contributed by atoms with Gasteiger partial charge in [0.2, 0.25) is 11.0 Å². The molecule has 1 amide bonds. The van der Waals surface area contributed by atoms with Gasteiger partial charge in [-0.2, -0.15) is 9.78 Å². The molecule has 0 atom stereocenters. The van der Waals surface area contributed by atoms with Crippen LogP contribution in [0.25, 0.3) is 16.4 Å². The van der Waals surface area contributed by atoms with E-state index in [0.717, 1.165) is 33.8 Å². The fraction of sp³-hybridized carbons (Fsp3) is 0.107. The van der Waals surface area contributed by atoms with Crippen molar-refractivity contribution in [1.82, 2.24) is 14.8 Å². The van der Waals surface area contributed by atoms with Gasteiger partial charge in [-0.1, -0.05) is 60.7 Å². The molecule has 5 rings (SSSR count). The second-order valence-electron chi connectivity index (χ2n) is 8.07. The van der Waals surface area contributed by atoms with Crippen LogP contribution in [0.1, 0.15) is 22.7 Å². The molecule has 0 aliphatic rings. The van der Waals surface area contributed by atoms with Crippen molar-refractivity contribution in [3.8, 4) is 22.1 Å². The molecule has 0 radical (unpaired) electrons. The summed E-state index contributed by atoms with van der Waals surface area (Å²) in [7, 11) is 1.64. The van der Waals surface area contributed by atoms with E-state index >= 15 is 0 Å². The standard InChI is InChI=1S/C28H24N4O2S/c1-19-17-25(30-27(33)26(21-9-5-3-6-10-21)22-11-7-4-8-12-22)32(31-19)28-29-24(18-35-28)20-13-15-23(34-2)16-14-20/h3-18,26H,1-2H3,(H,30,33). The fourth-order valence-electron chi connectivity index (χ4n) is 3.97. The number of nitrogens with zero attached hydrogens (tertiary/aromatic N) is 3. The summed E-state index contributed by atoms with van der Waals surface area (Å²) in [6, 6.07) is 29.2. The molecule has 0 saturated heterocycles. The maximum absolute atomic E-state index is 13.6. The molecule has 5 aromatic rings. The second kappa shape index (κ2) is 9.95. The van der Waals surface area contributed by atoms with Crippen LogP contribution in [0.5, 0.6) is 5.75 Å². The molecule has 0 saturated carbocycles. The highest BCUT2D eigenvalue weighted by atomic mass is 32.1. The van der Waals surface area contributed by atoms with Gasteiger partial charge >= 0.3 is 0 Å². The lowest BCUT2D eigenvalue weighted by Crippen LogP contribution is -2.23. The Hall–Kier alpha value is -4.23. The number of ether oxygens (including phenoxy) is 1. The molecule has 0 bridgehead atoms. The first-order valence-electron chi connectivity index (χ1n) is 11.2. The summed E-state index contributed by atoms with van der Waals surface area (Å²) in [6.45, 7) is 1.90. The lowest BCUT2D eigenvalue weighted by Gasteiger charge is -2.18. The SMILES string of the molecule is COc1ccc(-c2csc(-n3nc(C)cc3NC(=O)C(c3ccccc3)c3ccccc3)n2)cc1. The number of methoxy groups -OCH3 is 1. The van der Waals surface area contributed by atoms with Gasteiger partial charge in [-0.15, -0.1) is 11.3 Å². The maximum atomic E-state index is 13.6.